The molecule has 0 aliphatic carbocycles. The van der Waals surface area contributed by atoms with Crippen LogP contribution in [0.25, 0.3) is 0 Å². The highest BCUT2D eigenvalue weighted by atomic mass is 35.5. The van der Waals surface area contributed by atoms with Gasteiger partial charge < -0.3 is 5.32 Å². The van der Waals surface area contributed by atoms with Crippen LogP contribution in [0.2, 0.25) is 5.15 Å². The number of carbonyl (C=O) groups excluding carboxylic acids is 1. The quantitative estimate of drug-likeness (QED) is 0.724. The molecule has 2 aromatic carbocycles. The average Bonchev–Trinajstić information content (AvgIpc) is 2.89. The Labute approximate surface area is 158 Å². The van der Waals surface area contributed by atoms with Crippen LogP contribution in [0.1, 0.15) is 38.3 Å². The minimum Gasteiger partial charge on any atom is -0.348 e. The number of aryl methyl sites for hydroxylation is 3. The highest BCUT2D eigenvalue weighted by Gasteiger charge is 2.20. The molecule has 4 nitrogen and oxygen atoms in total. The summed E-state index contributed by atoms with van der Waals surface area (Å²) in [7, 11) is 0. The van der Waals surface area contributed by atoms with E-state index in [-0.39, 0.29) is 5.91 Å². The Morgan fingerprint density at radius 2 is 1.77 bits per heavy atom. The lowest BCUT2D eigenvalue weighted by Gasteiger charge is -2.08. The van der Waals surface area contributed by atoms with E-state index in [0.717, 1.165) is 16.7 Å². The molecule has 0 aliphatic rings. The second kappa shape index (κ2) is 7.75. The van der Waals surface area contributed by atoms with Crippen LogP contribution in [0.3, 0.4) is 0 Å². The predicted octanol–water partition coefficient (Wildman–Crippen LogP) is 4.44. The highest BCUT2D eigenvalue weighted by Crippen LogP contribution is 2.21. The number of aromatic nitrogens is 2. The third-order valence-electron chi connectivity index (χ3n) is 4.45. The van der Waals surface area contributed by atoms with Crippen molar-refractivity contribution < 1.29 is 4.79 Å². The van der Waals surface area contributed by atoms with E-state index in [9.17, 15) is 4.79 Å². The smallest absolute Gasteiger partial charge is 0.256 e. The van der Waals surface area contributed by atoms with Crippen molar-refractivity contribution in [1.82, 2.24) is 15.1 Å². The van der Waals surface area contributed by atoms with Gasteiger partial charge >= 0.3 is 0 Å². The van der Waals surface area contributed by atoms with Crippen LogP contribution < -0.4 is 5.32 Å². The van der Waals surface area contributed by atoms with E-state index < -0.39 is 0 Å². The molecular formula is C21H22ClN3O. The van der Waals surface area contributed by atoms with Crippen molar-refractivity contribution in [2.45, 2.75) is 33.9 Å². The molecule has 134 valence electrons. The lowest BCUT2D eigenvalue weighted by atomic mass is 10.1. The van der Waals surface area contributed by atoms with Gasteiger partial charge in [-0.15, -0.1) is 0 Å². The first-order valence-electron chi connectivity index (χ1n) is 8.57. The topological polar surface area (TPSA) is 46.9 Å². The van der Waals surface area contributed by atoms with Gasteiger partial charge in [0.2, 0.25) is 0 Å². The summed E-state index contributed by atoms with van der Waals surface area (Å²) in [6.07, 6.45) is 0. The first-order valence-corrected chi connectivity index (χ1v) is 8.94. The Balaban J connectivity index is 1.75. The first-order chi connectivity index (χ1) is 12.5. The summed E-state index contributed by atoms with van der Waals surface area (Å²) in [5.41, 5.74) is 5.59. The van der Waals surface area contributed by atoms with Gasteiger partial charge in [-0.25, -0.2) is 4.68 Å². The maximum atomic E-state index is 12.6. The minimum absolute atomic E-state index is 0.203. The lowest BCUT2D eigenvalue weighted by Crippen LogP contribution is -2.24. The van der Waals surface area contributed by atoms with Crippen LogP contribution in [0.15, 0.2) is 48.5 Å². The molecule has 0 aliphatic heterocycles. The maximum Gasteiger partial charge on any atom is 0.256 e. The molecule has 26 heavy (non-hydrogen) atoms. The van der Waals surface area contributed by atoms with E-state index in [1.54, 1.807) is 11.6 Å². The van der Waals surface area contributed by atoms with Crippen molar-refractivity contribution in [2.24, 2.45) is 0 Å². The van der Waals surface area contributed by atoms with Crippen LogP contribution in [-0.2, 0) is 13.1 Å². The van der Waals surface area contributed by atoms with E-state index >= 15 is 0 Å². The number of halogens is 1. The monoisotopic (exact) mass is 367 g/mol. The molecule has 0 unspecified atom stereocenters. The molecule has 0 radical (unpaired) electrons. The largest absolute Gasteiger partial charge is 0.348 e. The fourth-order valence-electron chi connectivity index (χ4n) is 2.85. The van der Waals surface area contributed by atoms with E-state index in [4.69, 9.17) is 11.6 Å². The second-order valence-corrected chi connectivity index (χ2v) is 6.86. The van der Waals surface area contributed by atoms with E-state index in [1.807, 2.05) is 50.2 Å². The summed E-state index contributed by atoms with van der Waals surface area (Å²) in [4.78, 5) is 12.6. The number of hydrogen-bond acceptors (Lipinski definition) is 2. The fraction of sp³-hybridized carbons (Fsp3) is 0.238. The number of nitrogens with one attached hydrogen (secondary N) is 1. The number of amides is 1. The molecule has 0 atom stereocenters. The highest BCUT2D eigenvalue weighted by molar-refractivity contribution is 6.33. The zero-order valence-corrected chi connectivity index (χ0v) is 16.0. The fourth-order valence-corrected chi connectivity index (χ4v) is 3.17. The number of benzene rings is 2. The zero-order valence-electron chi connectivity index (χ0n) is 15.2. The lowest BCUT2D eigenvalue weighted by molar-refractivity contribution is 0.0950. The van der Waals surface area contributed by atoms with Crippen LogP contribution >= 0.6 is 11.6 Å². The van der Waals surface area contributed by atoms with Gasteiger partial charge in [0.15, 0.2) is 0 Å². The normalized spacial score (nSPS) is 10.8. The molecule has 0 fully saturated rings. The molecule has 0 spiro atoms. The molecular weight excluding hydrogens is 346 g/mol. The number of carbonyl (C=O) groups is 1. The van der Waals surface area contributed by atoms with Gasteiger partial charge in [-0.2, -0.15) is 5.10 Å². The van der Waals surface area contributed by atoms with Gasteiger partial charge in [0.1, 0.15) is 5.15 Å². The Kier molecular flexibility index (Phi) is 5.43. The summed E-state index contributed by atoms with van der Waals surface area (Å²) in [5.74, 6) is -0.203. The average molecular weight is 368 g/mol. The van der Waals surface area contributed by atoms with E-state index in [2.05, 4.69) is 22.5 Å². The Morgan fingerprint density at radius 3 is 2.46 bits per heavy atom. The molecule has 3 rings (SSSR count). The van der Waals surface area contributed by atoms with Crippen molar-refractivity contribution >= 4 is 17.5 Å². The predicted molar refractivity (Wildman–Crippen MR) is 105 cm³/mol. The third-order valence-corrected chi connectivity index (χ3v) is 4.83. The third kappa shape index (κ3) is 3.97. The molecule has 1 amide bonds. The van der Waals surface area contributed by atoms with Gasteiger partial charge in [0, 0.05) is 6.54 Å². The maximum absolute atomic E-state index is 12.6. The van der Waals surface area contributed by atoms with Crippen LogP contribution in [-0.4, -0.2) is 15.7 Å². The van der Waals surface area contributed by atoms with Crippen LogP contribution in [0.4, 0.5) is 0 Å². The van der Waals surface area contributed by atoms with Crippen molar-refractivity contribution in [3.05, 3.63) is 87.2 Å². The van der Waals surface area contributed by atoms with Crippen molar-refractivity contribution in [3.8, 4) is 0 Å². The molecule has 0 bridgehead atoms. The van der Waals surface area contributed by atoms with Gasteiger partial charge in [-0.05, 0) is 37.5 Å². The van der Waals surface area contributed by atoms with Gasteiger partial charge in [-0.1, -0.05) is 65.7 Å². The Bertz CT molecular complexity index is 929. The molecule has 3 aromatic rings. The standard InChI is InChI=1S/C21H22ClN3O/c1-14-8-10-17(11-9-14)13-25-20(22)19(16(3)24-25)21(26)23-12-18-7-5-4-6-15(18)2/h4-11H,12-13H2,1-3H3,(H,23,26). The molecule has 0 saturated carbocycles. The van der Waals surface area contributed by atoms with Gasteiger partial charge in [0.25, 0.3) is 5.91 Å². The van der Waals surface area contributed by atoms with E-state index in [1.165, 1.54) is 5.56 Å². The minimum atomic E-state index is -0.203. The number of nitrogens with zero attached hydrogens (tertiary/aromatic N) is 2. The van der Waals surface area contributed by atoms with Gasteiger partial charge in [-0.3, -0.25) is 4.79 Å². The summed E-state index contributed by atoms with van der Waals surface area (Å²) in [6.45, 7) is 6.88. The van der Waals surface area contributed by atoms with Gasteiger partial charge in [0.05, 0.1) is 17.8 Å². The Hall–Kier alpha value is -2.59. The molecule has 5 heteroatoms. The molecule has 1 heterocycles. The second-order valence-electron chi connectivity index (χ2n) is 6.50. The summed E-state index contributed by atoms with van der Waals surface area (Å²) < 4.78 is 1.67. The summed E-state index contributed by atoms with van der Waals surface area (Å²) in [6, 6.07) is 16.2. The van der Waals surface area contributed by atoms with Crippen LogP contribution in [0, 0.1) is 20.8 Å². The zero-order chi connectivity index (χ0) is 18.7. The molecule has 0 saturated heterocycles. The van der Waals surface area contributed by atoms with Crippen molar-refractivity contribution in [1.29, 1.82) is 0 Å². The first kappa shape index (κ1) is 18.2. The van der Waals surface area contributed by atoms with Crippen molar-refractivity contribution in [2.75, 3.05) is 0 Å². The molecule has 1 N–H and O–H groups in total. The summed E-state index contributed by atoms with van der Waals surface area (Å²) in [5, 5.41) is 7.76. The number of hydrogen-bond donors (Lipinski definition) is 1. The summed E-state index contributed by atoms with van der Waals surface area (Å²) >= 11 is 6.46. The SMILES string of the molecule is Cc1ccc(Cn2nc(C)c(C(=O)NCc3ccccc3C)c2Cl)cc1. The number of rotatable bonds is 5. The van der Waals surface area contributed by atoms with E-state index in [0.29, 0.717) is 29.5 Å². The van der Waals surface area contributed by atoms with Crippen molar-refractivity contribution in [3.63, 3.8) is 0 Å². The Morgan fingerprint density at radius 1 is 1.08 bits per heavy atom. The van der Waals surface area contributed by atoms with Crippen LogP contribution in [0.5, 0.6) is 0 Å². The molecule has 1 aromatic heterocycles.